The standard InChI is InChI=1S/C14H17FO3/c1-3-11(13(16)17)14(7-18-8-14)10-4-5-12(15)9(2)6-10/h4-6,11H,3,7-8H2,1-2H3,(H,16,17). The highest BCUT2D eigenvalue weighted by molar-refractivity contribution is 5.73. The van der Waals surface area contributed by atoms with Gasteiger partial charge >= 0.3 is 5.97 Å². The predicted octanol–water partition coefficient (Wildman–Crippen LogP) is 2.51. The summed E-state index contributed by atoms with van der Waals surface area (Å²) in [6, 6.07) is 4.82. The van der Waals surface area contributed by atoms with Crippen LogP contribution in [0.1, 0.15) is 24.5 Å². The van der Waals surface area contributed by atoms with Crippen molar-refractivity contribution in [1.82, 2.24) is 0 Å². The maximum Gasteiger partial charge on any atom is 0.307 e. The minimum Gasteiger partial charge on any atom is -0.481 e. The molecule has 0 bridgehead atoms. The number of hydrogen-bond acceptors (Lipinski definition) is 2. The van der Waals surface area contributed by atoms with Crippen LogP contribution in [0.5, 0.6) is 0 Å². The molecule has 1 N–H and O–H groups in total. The van der Waals surface area contributed by atoms with Gasteiger partial charge in [0, 0.05) is 0 Å². The molecule has 1 saturated heterocycles. The minimum absolute atomic E-state index is 0.266. The average molecular weight is 252 g/mol. The van der Waals surface area contributed by atoms with Crippen molar-refractivity contribution in [1.29, 1.82) is 0 Å². The maximum atomic E-state index is 13.3. The van der Waals surface area contributed by atoms with Gasteiger partial charge in [0.05, 0.1) is 24.5 Å². The molecule has 1 fully saturated rings. The minimum atomic E-state index is -0.817. The maximum absolute atomic E-state index is 13.3. The Morgan fingerprint density at radius 3 is 2.61 bits per heavy atom. The molecule has 1 aliphatic heterocycles. The Bertz CT molecular complexity index is 466. The van der Waals surface area contributed by atoms with Gasteiger partial charge in [0.15, 0.2) is 0 Å². The molecule has 0 aromatic heterocycles. The van der Waals surface area contributed by atoms with Crippen LogP contribution in [0.4, 0.5) is 4.39 Å². The number of halogens is 1. The topological polar surface area (TPSA) is 46.5 Å². The van der Waals surface area contributed by atoms with Crippen molar-refractivity contribution in [2.75, 3.05) is 13.2 Å². The number of rotatable bonds is 4. The summed E-state index contributed by atoms with van der Waals surface area (Å²) in [5, 5.41) is 9.33. The van der Waals surface area contributed by atoms with Gasteiger partial charge in [-0.2, -0.15) is 0 Å². The van der Waals surface area contributed by atoms with Crippen LogP contribution >= 0.6 is 0 Å². The average Bonchev–Trinajstić information content (AvgIpc) is 2.26. The van der Waals surface area contributed by atoms with Crippen molar-refractivity contribution >= 4 is 5.97 Å². The first kappa shape index (κ1) is 13.0. The third-order valence-electron chi connectivity index (χ3n) is 3.83. The Morgan fingerprint density at radius 1 is 1.56 bits per heavy atom. The van der Waals surface area contributed by atoms with E-state index in [2.05, 4.69) is 0 Å². The molecule has 1 aromatic carbocycles. The zero-order valence-corrected chi connectivity index (χ0v) is 10.6. The summed E-state index contributed by atoms with van der Waals surface area (Å²) in [5.41, 5.74) is 0.903. The fourth-order valence-corrected chi connectivity index (χ4v) is 2.65. The summed E-state index contributed by atoms with van der Waals surface area (Å²) >= 11 is 0. The molecule has 1 unspecified atom stereocenters. The Morgan fingerprint density at radius 2 is 2.22 bits per heavy atom. The van der Waals surface area contributed by atoms with E-state index in [1.807, 2.05) is 6.92 Å². The fraction of sp³-hybridized carbons (Fsp3) is 0.500. The Hall–Kier alpha value is -1.42. The van der Waals surface area contributed by atoms with Gasteiger partial charge < -0.3 is 9.84 Å². The lowest BCUT2D eigenvalue weighted by atomic mass is 9.67. The highest BCUT2D eigenvalue weighted by Crippen LogP contribution is 2.41. The third-order valence-corrected chi connectivity index (χ3v) is 3.83. The number of ether oxygens (including phenoxy) is 1. The smallest absolute Gasteiger partial charge is 0.307 e. The quantitative estimate of drug-likeness (QED) is 0.895. The van der Waals surface area contributed by atoms with Crippen LogP contribution in [-0.2, 0) is 14.9 Å². The molecule has 1 aromatic rings. The summed E-state index contributed by atoms with van der Waals surface area (Å²) in [7, 11) is 0. The van der Waals surface area contributed by atoms with Crippen LogP contribution in [0.25, 0.3) is 0 Å². The number of hydrogen-bond donors (Lipinski definition) is 1. The highest BCUT2D eigenvalue weighted by atomic mass is 19.1. The Labute approximate surface area is 106 Å². The second kappa shape index (κ2) is 4.69. The number of carboxylic acids is 1. The summed E-state index contributed by atoms with van der Waals surface area (Å²) < 4.78 is 18.5. The molecule has 3 nitrogen and oxygen atoms in total. The van der Waals surface area contributed by atoms with Crippen molar-refractivity contribution in [2.45, 2.75) is 25.7 Å². The predicted molar refractivity (Wildman–Crippen MR) is 65.1 cm³/mol. The van der Waals surface area contributed by atoms with E-state index in [1.165, 1.54) is 6.07 Å². The van der Waals surface area contributed by atoms with Gasteiger partial charge in [-0.05, 0) is 30.5 Å². The van der Waals surface area contributed by atoms with Gasteiger partial charge in [-0.15, -0.1) is 0 Å². The van der Waals surface area contributed by atoms with Gasteiger partial charge in [0.25, 0.3) is 0 Å². The van der Waals surface area contributed by atoms with Gasteiger partial charge in [-0.25, -0.2) is 4.39 Å². The highest BCUT2D eigenvalue weighted by Gasteiger charge is 2.49. The summed E-state index contributed by atoms with van der Waals surface area (Å²) in [4.78, 5) is 11.4. The van der Waals surface area contributed by atoms with Crippen molar-refractivity contribution in [3.8, 4) is 0 Å². The van der Waals surface area contributed by atoms with E-state index in [9.17, 15) is 14.3 Å². The number of carboxylic acid groups (broad SMARTS) is 1. The first-order valence-corrected chi connectivity index (χ1v) is 6.08. The molecule has 4 heteroatoms. The Kier molecular flexibility index (Phi) is 3.39. The van der Waals surface area contributed by atoms with Gasteiger partial charge in [0.1, 0.15) is 5.82 Å². The van der Waals surface area contributed by atoms with Gasteiger partial charge in [-0.1, -0.05) is 19.1 Å². The van der Waals surface area contributed by atoms with Crippen LogP contribution in [-0.4, -0.2) is 24.3 Å². The van der Waals surface area contributed by atoms with Crippen LogP contribution in [0.2, 0.25) is 0 Å². The molecule has 1 aliphatic rings. The fourth-order valence-electron chi connectivity index (χ4n) is 2.65. The number of aliphatic carboxylic acids is 1. The number of carbonyl (C=O) groups is 1. The molecule has 0 amide bonds. The molecule has 0 saturated carbocycles. The summed E-state index contributed by atoms with van der Waals surface area (Å²) in [6.07, 6.45) is 0.537. The van der Waals surface area contributed by atoms with Crippen LogP contribution < -0.4 is 0 Å². The first-order chi connectivity index (χ1) is 8.51. The summed E-state index contributed by atoms with van der Waals surface area (Å²) in [5.74, 6) is -1.57. The van der Waals surface area contributed by atoms with Crippen LogP contribution in [0.3, 0.4) is 0 Å². The number of benzene rings is 1. The zero-order chi connectivity index (χ0) is 13.3. The van der Waals surface area contributed by atoms with E-state index in [0.717, 1.165) is 5.56 Å². The van der Waals surface area contributed by atoms with Gasteiger partial charge in [0.2, 0.25) is 0 Å². The lowest BCUT2D eigenvalue weighted by Crippen LogP contribution is -2.54. The van der Waals surface area contributed by atoms with Crippen molar-refractivity contribution < 1.29 is 19.0 Å². The lowest BCUT2D eigenvalue weighted by Gasteiger charge is -2.46. The van der Waals surface area contributed by atoms with E-state index in [1.54, 1.807) is 19.1 Å². The molecule has 18 heavy (non-hydrogen) atoms. The molecule has 1 heterocycles. The summed E-state index contributed by atoms with van der Waals surface area (Å²) in [6.45, 7) is 4.33. The monoisotopic (exact) mass is 252 g/mol. The van der Waals surface area contributed by atoms with Crippen LogP contribution in [0.15, 0.2) is 18.2 Å². The molecular formula is C14H17FO3. The molecular weight excluding hydrogens is 235 g/mol. The van der Waals surface area contributed by atoms with E-state index in [0.29, 0.717) is 25.2 Å². The largest absolute Gasteiger partial charge is 0.481 e. The third kappa shape index (κ3) is 1.90. The normalized spacial score (nSPS) is 19.1. The second-order valence-electron chi connectivity index (χ2n) is 4.91. The van der Waals surface area contributed by atoms with Crippen molar-refractivity contribution in [3.63, 3.8) is 0 Å². The van der Waals surface area contributed by atoms with E-state index < -0.39 is 17.3 Å². The molecule has 98 valence electrons. The van der Waals surface area contributed by atoms with E-state index in [4.69, 9.17) is 4.74 Å². The van der Waals surface area contributed by atoms with Crippen molar-refractivity contribution in [2.24, 2.45) is 5.92 Å². The van der Waals surface area contributed by atoms with E-state index >= 15 is 0 Å². The Balaban J connectivity index is 2.43. The number of aryl methyl sites for hydroxylation is 1. The van der Waals surface area contributed by atoms with E-state index in [-0.39, 0.29) is 5.82 Å². The first-order valence-electron chi connectivity index (χ1n) is 6.08. The van der Waals surface area contributed by atoms with Crippen molar-refractivity contribution in [3.05, 3.63) is 35.1 Å². The molecule has 1 atom stereocenters. The molecule has 0 spiro atoms. The molecule has 0 aliphatic carbocycles. The lowest BCUT2D eigenvalue weighted by molar-refractivity contribution is -0.157. The zero-order valence-electron chi connectivity index (χ0n) is 10.6. The SMILES string of the molecule is CCC(C(=O)O)C1(c2ccc(F)c(C)c2)COC1. The second-order valence-corrected chi connectivity index (χ2v) is 4.91. The molecule has 0 radical (unpaired) electrons. The molecule has 2 rings (SSSR count). The van der Waals surface area contributed by atoms with Crippen LogP contribution in [0, 0.1) is 18.7 Å². The van der Waals surface area contributed by atoms with Gasteiger partial charge in [-0.3, -0.25) is 4.79 Å².